The van der Waals surface area contributed by atoms with Crippen LogP contribution in [-0.2, 0) is 5.54 Å². The molecule has 0 atom stereocenters. The maximum Gasteiger partial charge on any atom is 0.258 e. The van der Waals surface area contributed by atoms with Crippen LogP contribution in [0.2, 0.25) is 5.02 Å². The zero-order chi connectivity index (χ0) is 23.6. The number of aliphatic hydroxyl groups is 2. The highest BCUT2D eigenvalue weighted by Gasteiger charge is 2.30. The van der Waals surface area contributed by atoms with Gasteiger partial charge in [-0.05, 0) is 44.2 Å². The fourth-order valence-corrected chi connectivity index (χ4v) is 3.56. The Morgan fingerprint density at radius 2 is 1.76 bits per heavy atom. The van der Waals surface area contributed by atoms with Gasteiger partial charge >= 0.3 is 0 Å². The molecule has 2 aromatic heterocycles. The van der Waals surface area contributed by atoms with Gasteiger partial charge in [0, 0.05) is 22.6 Å². The fourth-order valence-electron chi connectivity index (χ4n) is 3.32. The first-order valence-electron chi connectivity index (χ1n) is 10.4. The van der Waals surface area contributed by atoms with Crippen molar-refractivity contribution >= 4 is 22.6 Å². The largest absolute Gasteiger partial charge is 0.490 e. The molecule has 0 fully saturated rings. The number of ether oxygens (including phenoxy) is 2. The van der Waals surface area contributed by atoms with Gasteiger partial charge in [-0.1, -0.05) is 16.8 Å². The highest BCUT2D eigenvalue weighted by atomic mass is 35.5. The first kappa shape index (κ1) is 23.1. The van der Waals surface area contributed by atoms with E-state index in [0.29, 0.717) is 57.7 Å². The van der Waals surface area contributed by atoms with E-state index in [0.717, 1.165) is 0 Å². The molecular weight excluding hydrogens is 450 g/mol. The summed E-state index contributed by atoms with van der Waals surface area (Å²) in [5, 5.41) is 24.2. The zero-order valence-electron chi connectivity index (χ0n) is 18.2. The minimum Gasteiger partial charge on any atom is -0.490 e. The van der Waals surface area contributed by atoms with Crippen molar-refractivity contribution in [1.29, 1.82) is 0 Å². The van der Waals surface area contributed by atoms with Crippen LogP contribution in [0.3, 0.4) is 0 Å². The summed E-state index contributed by atoms with van der Waals surface area (Å²) >= 11 is 6.46. The molecule has 4 N–H and O–H groups in total. The molecule has 9 nitrogen and oxygen atoms in total. The van der Waals surface area contributed by atoms with E-state index in [1.165, 1.54) is 0 Å². The van der Waals surface area contributed by atoms with Crippen LogP contribution in [0.25, 0.3) is 33.8 Å². The molecule has 174 valence electrons. The Balaban J connectivity index is 1.70. The van der Waals surface area contributed by atoms with Crippen molar-refractivity contribution in [1.82, 2.24) is 10.1 Å². The minimum atomic E-state index is -1.41. The van der Waals surface area contributed by atoms with Gasteiger partial charge in [0.15, 0.2) is 11.5 Å². The highest BCUT2D eigenvalue weighted by molar-refractivity contribution is 6.34. The van der Waals surface area contributed by atoms with Crippen molar-refractivity contribution in [2.24, 2.45) is 5.73 Å². The first-order valence-corrected chi connectivity index (χ1v) is 10.8. The van der Waals surface area contributed by atoms with Crippen LogP contribution in [0.5, 0.6) is 11.5 Å². The number of rotatable bonds is 9. The molecule has 2 aromatic carbocycles. The molecule has 0 aliphatic carbocycles. The SMILES string of the molecule is CCOc1ccc(-c2nc(-c3cc4cc(C(N)(CO)CO)oc4cc3Cl)no2)cc1OCC. The molecule has 10 heteroatoms. The lowest BCUT2D eigenvalue weighted by Crippen LogP contribution is -2.43. The number of furan rings is 1. The lowest BCUT2D eigenvalue weighted by Gasteiger charge is -2.21. The Morgan fingerprint density at radius 1 is 1.03 bits per heavy atom. The second-order valence-electron chi connectivity index (χ2n) is 7.40. The van der Waals surface area contributed by atoms with E-state index in [1.54, 1.807) is 30.3 Å². The number of nitrogens with two attached hydrogens (primary N) is 1. The van der Waals surface area contributed by atoms with E-state index in [9.17, 15) is 10.2 Å². The Bertz CT molecular complexity index is 1260. The van der Waals surface area contributed by atoms with Gasteiger partial charge in [0.05, 0.1) is 31.5 Å². The summed E-state index contributed by atoms with van der Waals surface area (Å²) in [6, 6.07) is 10.4. The Labute approximate surface area is 194 Å². The summed E-state index contributed by atoms with van der Waals surface area (Å²) in [5.41, 5.74) is 6.25. The monoisotopic (exact) mass is 473 g/mol. The summed E-state index contributed by atoms with van der Waals surface area (Å²) in [4.78, 5) is 4.49. The molecule has 0 saturated carbocycles. The van der Waals surface area contributed by atoms with Gasteiger partial charge in [-0.3, -0.25) is 0 Å². The van der Waals surface area contributed by atoms with Crippen LogP contribution in [0.4, 0.5) is 0 Å². The Hall–Kier alpha value is -3.11. The van der Waals surface area contributed by atoms with Crippen LogP contribution in [-0.4, -0.2) is 46.8 Å². The van der Waals surface area contributed by atoms with E-state index in [1.807, 2.05) is 19.9 Å². The maximum absolute atomic E-state index is 9.54. The van der Waals surface area contributed by atoms with E-state index in [-0.39, 0.29) is 11.6 Å². The number of benzene rings is 2. The number of aromatic nitrogens is 2. The minimum absolute atomic E-state index is 0.238. The molecule has 0 aliphatic heterocycles. The summed E-state index contributed by atoms with van der Waals surface area (Å²) < 4.78 is 22.4. The smallest absolute Gasteiger partial charge is 0.258 e. The fraction of sp³-hybridized carbons (Fsp3) is 0.304. The van der Waals surface area contributed by atoms with Crippen molar-refractivity contribution in [2.45, 2.75) is 19.4 Å². The average Bonchev–Trinajstić information content (AvgIpc) is 3.47. The molecule has 0 bridgehead atoms. The van der Waals surface area contributed by atoms with Crippen molar-refractivity contribution in [3.8, 4) is 34.3 Å². The standard InChI is InChI=1S/C23H24ClN3O6/c1-3-30-17-6-5-13(8-19(17)31-4-2)22-26-21(27-33-22)15-7-14-9-20(23(25,11-28)12-29)32-18(14)10-16(15)24/h5-10,28-29H,3-4,11-12,25H2,1-2H3. The number of hydrogen-bond donors (Lipinski definition) is 3. The van der Waals surface area contributed by atoms with Gasteiger partial charge in [-0.2, -0.15) is 4.98 Å². The van der Waals surface area contributed by atoms with Crippen molar-refractivity contribution in [2.75, 3.05) is 26.4 Å². The number of halogens is 1. The average molecular weight is 474 g/mol. The van der Waals surface area contributed by atoms with Crippen LogP contribution in [0.15, 0.2) is 45.3 Å². The van der Waals surface area contributed by atoms with Crippen molar-refractivity contribution in [3.63, 3.8) is 0 Å². The zero-order valence-corrected chi connectivity index (χ0v) is 18.9. The number of fused-ring (bicyclic) bond motifs is 1. The molecule has 0 radical (unpaired) electrons. The number of nitrogens with zero attached hydrogens (tertiary/aromatic N) is 2. The second-order valence-corrected chi connectivity index (χ2v) is 7.81. The molecular formula is C23H24ClN3O6. The predicted octanol–water partition coefficient (Wildman–Crippen LogP) is 3.74. The number of hydrogen-bond acceptors (Lipinski definition) is 9. The molecule has 0 saturated heterocycles. The van der Waals surface area contributed by atoms with Gasteiger partial charge in [-0.15, -0.1) is 0 Å². The summed E-state index contributed by atoms with van der Waals surface area (Å²) in [7, 11) is 0. The van der Waals surface area contributed by atoms with Gasteiger partial charge in [-0.25, -0.2) is 0 Å². The van der Waals surface area contributed by atoms with Crippen molar-refractivity contribution < 1.29 is 28.6 Å². The first-order chi connectivity index (χ1) is 15.9. The molecule has 2 heterocycles. The van der Waals surface area contributed by atoms with Crippen molar-refractivity contribution in [3.05, 3.63) is 47.2 Å². The van der Waals surface area contributed by atoms with Gasteiger partial charge in [0.25, 0.3) is 5.89 Å². The van der Waals surface area contributed by atoms with E-state index in [4.69, 9.17) is 35.7 Å². The van der Waals surface area contributed by atoms with Crippen LogP contribution in [0.1, 0.15) is 19.6 Å². The third-order valence-electron chi connectivity index (χ3n) is 5.12. The molecule has 0 amide bonds. The lowest BCUT2D eigenvalue weighted by molar-refractivity contribution is 0.105. The van der Waals surface area contributed by atoms with Gasteiger partial charge in [0.2, 0.25) is 5.82 Å². The highest BCUT2D eigenvalue weighted by Crippen LogP contribution is 2.36. The quantitative estimate of drug-likeness (QED) is 0.332. The third-order valence-corrected chi connectivity index (χ3v) is 5.43. The maximum atomic E-state index is 9.54. The van der Waals surface area contributed by atoms with Crippen LogP contribution < -0.4 is 15.2 Å². The van der Waals surface area contributed by atoms with Gasteiger partial charge in [0.1, 0.15) is 16.9 Å². The molecule has 0 unspecified atom stereocenters. The third kappa shape index (κ3) is 4.40. The predicted molar refractivity (Wildman–Crippen MR) is 122 cm³/mol. The van der Waals surface area contributed by atoms with Crippen LogP contribution >= 0.6 is 11.6 Å². The second kappa shape index (κ2) is 9.40. The molecule has 0 spiro atoms. The Morgan fingerprint density at radius 3 is 2.45 bits per heavy atom. The summed E-state index contributed by atoms with van der Waals surface area (Å²) in [6.45, 7) is 3.83. The molecule has 4 rings (SSSR count). The summed E-state index contributed by atoms with van der Waals surface area (Å²) in [6.07, 6.45) is 0. The number of aliphatic hydroxyl groups excluding tert-OH is 2. The van der Waals surface area contributed by atoms with Gasteiger partial charge < -0.3 is 34.4 Å². The summed E-state index contributed by atoms with van der Waals surface area (Å²) in [5.74, 6) is 2.03. The van der Waals surface area contributed by atoms with Crippen LogP contribution in [0, 0.1) is 0 Å². The molecule has 4 aromatic rings. The topological polar surface area (TPSA) is 137 Å². The van der Waals surface area contributed by atoms with E-state index >= 15 is 0 Å². The van der Waals surface area contributed by atoms with E-state index in [2.05, 4.69) is 10.1 Å². The molecule has 0 aliphatic rings. The lowest BCUT2D eigenvalue weighted by atomic mass is 10.00. The molecule has 33 heavy (non-hydrogen) atoms. The van der Waals surface area contributed by atoms with E-state index < -0.39 is 18.8 Å². The normalized spacial score (nSPS) is 11.8. The Kier molecular flexibility index (Phi) is 6.57.